The van der Waals surface area contributed by atoms with Crippen LogP contribution in [0.3, 0.4) is 0 Å². The average molecular weight is 340 g/mol. The van der Waals surface area contributed by atoms with Crippen molar-refractivity contribution in [2.45, 2.75) is 49.6 Å². The van der Waals surface area contributed by atoms with E-state index < -0.39 is 15.8 Å². The average Bonchev–Trinajstić information content (AvgIpc) is 3.22. The fraction of sp³-hybridized carbons (Fsp3) is 0.562. The van der Waals surface area contributed by atoms with E-state index >= 15 is 0 Å². The molecule has 2 aliphatic rings. The normalized spacial score (nSPS) is 22.3. The third-order valence-corrected chi connectivity index (χ3v) is 6.53. The lowest BCUT2D eigenvalue weighted by Gasteiger charge is -2.30. The molecule has 5 nitrogen and oxygen atoms in total. The van der Waals surface area contributed by atoms with Crippen LogP contribution in [0.1, 0.15) is 32.6 Å². The monoisotopic (exact) mass is 340 g/mol. The second-order valence-electron chi connectivity index (χ2n) is 6.24. The Bertz CT molecular complexity index is 703. The summed E-state index contributed by atoms with van der Waals surface area (Å²) in [6, 6.07) is 5.41. The molecular formula is C16H21FN2O3S. The van der Waals surface area contributed by atoms with Crippen LogP contribution in [0.25, 0.3) is 0 Å². The van der Waals surface area contributed by atoms with Crippen LogP contribution in [0.5, 0.6) is 0 Å². The fourth-order valence-corrected chi connectivity index (χ4v) is 4.99. The van der Waals surface area contributed by atoms with E-state index in [0.717, 1.165) is 25.3 Å². The number of carbonyl (C=O) groups excluding carboxylic acids is 1. The van der Waals surface area contributed by atoms with E-state index in [-0.39, 0.29) is 22.9 Å². The number of hydrogen-bond donors (Lipinski definition) is 0. The Labute approximate surface area is 136 Å². The smallest absolute Gasteiger partial charge is 0.246 e. The van der Waals surface area contributed by atoms with Gasteiger partial charge in [-0.3, -0.25) is 4.79 Å². The van der Waals surface area contributed by atoms with E-state index in [2.05, 4.69) is 0 Å². The summed E-state index contributed by atoms with van der Waals surface area (Å²) in [6.45, 7) is 2.29. The number of rotatable bonds is 5. The lowest BCUT2D eigenvalue weighted by atomic mass is 10.2. The van der Waals surface area contributed by atoms with E-state index in [0.29, 0.717) is 19.5 Å². The third kappa shape index (κ3) is 3.26. The first-order valence-electron chi connectivity index (χ1n) is 7.95. The molecule has 0 bridgehead atoms. The van der Waals surface area contributed by atoms with E-state index in [1.165, 1.54) is 29.4 Å². The van der Waals surface area contributed by atoms with Gasteiger partial charge in [-0.2, -0.15) is 4.31 Å². The van der Waals surface area contributed by atoms with Gasteiger partial charge in [0.05, 0.1) is 0 Å². The Morgan fingerprint density at radius 3 is 2.61 bits per heavy atom. The van der Waals surface area contributed by atoms with Crippen LogP contribution in [0.2, 0.25) is 0 Å². The number of amides is 1. The second kappa shape index (κ2) is 6.20. The molecule has 0 radical (unpaired) electrons. The molecule has 1 unspecified atom stereocenters. The van der Waals surface area contributed by atoms with Crippen molar-refractivity contribution in [3.05, 3.63) is 30.1 Å². The molecule has 126 valence electrons. The third-order valence-electron chi connectivity index (χ3n) is 4.55. The van der Waals surface area contributed by atoms with Gasteiger partial charge in [0.15, 0.2) is 0 Å². The van der Waals surface area contributed by atoms with Crippen molar-refractivity contribution in [2.75, 3.05) is 13.1 Å². The largest absolute Gasteiger partial charge is 0.338 e. The first kappa shape index (κ1) is 16.4. The minimum atomic E-state index is -3.87. The molecule has 0 aromatic heterocycles. The van der Waals surface area contributed by atoms with E-state index in [9.17, 15) is 17.6 Å². The highest BCUT2D eigenvalue weighted by molar-refractivity contribution is 7.89. The molecule has 1 heterocycles. The predicted octanol–water partition coefficient (Wildman–Crippen LogP) is 1.99. The van der Waals surface area contributed by atoms with Gasteiger partial charge in [0.1, 0.15) is 10.7 Å². The van der Waals surface area contributed by atoms with Gasteiger partial charge in [-0.15, -0.1) is 0 Å². The highest BCUT2D eigenvalue weighted by atomic mass is 32.2. The summed E-state index contributed by atoms with van der Waals surface area (Å²) in [6.07, 6.45) is 3.39. The van der Waals surface area contributed by atoms with Crippen LogP contribution in [0, 0.1) is 5.82 Å². The van der Waals surface area contributed by atoms with Crippen LogP contribution >= 0.6 is 0 Å². The molecule has 1 saturated heterocycles. The highest BCUT2D eigenvalue weighted by Gasteiger charge is 2.40. The number of halogens is 1. The van der Waals surface area contributed by atoms with E-state index in [1.54, 1.807) is 4.90 Å². The van der Waals surface area contributed by atoms with Crippen molar-refractivity contribution < 1.29 is 17.6 Å². The van der Waals surface area contributed by atoms with Crippen molar-refractivity contribution in [1.82, 2.24) is 9.21 Å². The van der Waals surface area contributed by atoms with Crippen LogP contribution in [-0.2, 0) is 14.8 Å². The summed E-state index contributed by atoms with van der Waals surface area (Å²) in [4.78, 5) is 13.3. The zero-order valence-corrected chi connectivity index (χ0v) is 13.9. The molecule has 1 aromatic carbocycles. The Morgan fingerprint density at radius 1 is 1.30 bits per heavy atom. The molecular weight excluding hydrogens is 319 g/mol. The molecule has 3 rings (SSSR count). The molecule has 0 spiro atoms. The van der Waals surface area contributed by atoms with Gasteiger partial charge in [0, 0.05) is 32.1 Å². The van der Waals surface area contributed by atoms with Crippen molar-refractivity contribution in [1.29, 1.82) is 0 Å². The molecule has 1 aliphatic heterocycles. The number of benzene rings is 1. The van der Waals surface area contributed by atoms with Gasteiger partial charge in [0.25, 0.3) is 0 Å². The lowest BCUT2D eigenvalue weighted by Crippen LogP contribution is -2.45. The van der Waals surface area contributed by atoms with Crippen LogP contribution in [0.15, 0.2) is 29.2 Å². The summed E-state index contributed by atoms with van der Waals surface area (Å²) in [5.41, 5.74) is 0. The standard InChI is InChI=1S/C16H21FN2O3S/c1-12(20)18(13-8-9-13)11-14-5-4-10-19(14)23(21,22)16-7-3-2-6-15(16)17/h2-3,6-7,13-14H,4-5,8-11H2,1H3. The number of carbonyl (C=O) groups is 1. The minimum Gasteiger partial charge on any atom is -0.338 e. The Kier molecular flexibility index (Phi) is 4.42. The maximum absolute atomic E-state index is 13.9. The molecule has 1 aromatic rings. The SMILES string of the molecule is CC(=O)N(CC1CCCN1S(=O)(=O)c1ccccc1F)C1CC1. The Morgan fingerprint density at radius 2 is 2.00 bits per heavy atom. The maximum Gasteiger partial charge on any atom is 0.246 e. The Balaban J connectivity index is 1.83. The van der Waals surface area contributed by atoms with Gasteiger partial charge in [-0.25, -0.2) is 12.8 Å². The maximum atomic E-state index is 13.9. The molecule has 23 heavy (non-hydrogen) atoms. The molecule has 2 fully saturated rings. The van der Waals surface area contributed by atoms with Crippen molar-refractivity contribution in [3.63, 3.8) is 0 Å². The van der Waals surface area contributed by atoms with Gasteiger partial charge in [-0.05, 0) is 37.8 Å². The zero-order valence-electron chi connectivity index (χ0n) is 13.1. The molecule has 1 atom stereocenters. The van der Waals surface area contributed by atoms with Crippen molar-refractivity contribution in [2.24, 2.45) is 0 Å². The zero-order chi connectivity index (χ0) is 16.6. The molecule has 0 N–H and O–H groups in total. The molecule has 7 heteroatoms. The molecule has 1 saturated carbocycles. The number of hydrogen-bond acceptors (Lipinski definition) is 3. The van der Waals surface area contributed by atoms with Crippen molar-refractivity contribution in [3.8, 4) is 0 Å². The van der Waals surface area contributed by atoms with Gasteiger partial charge in [-0.1, -0.05) is 12.1 Å². The summed E-state index contributed by atoms with van der Waals surface area (Å²) >= 11 is 0. The summed E-state index contributed by atoms with van der Waals surface area (Å²) in [7, 11) is -3.87. The van der Waals surface area contributed by atoms with Crippen LogP contribution < -0.4 is 0 Å². The fourth-order valence-electron chi connectivity index (χ4n) is 3.24. The molecule has 1 amide bonds. The van der Waals surface area contributed by atoms with E-state index in [1.807, 2.05) is 0 Å². The number of sulfonamides is 1. The van der Waals surface area contributed by atoms with Gasteiger partial charge in [0.2, 0.25) is 15.9 Å². The summed E-state index contributed by atoms with van der Waals surface area (Å²) in [5, 5.41) is 0. The predicted molar refractivity (Wildman–Crippen MR) is 83.7 cm³/mol. The summed E-state index contributed by atoms with van der Waals surface area (Å²) in [5.74, 6) is -0.758. The van der Waals surface area contributed by atoms with Gasteiger partial charge < -0.3 is 4.90 Å². The van der Waals surface area contributed by atoms with E-state index in [4.69, 9.17) is 0 Å². The van der Waals surface area contributed by atoms with Crippen molar-refractivity contribution >= 4 is 15.9 Å². The first-order valence-corrected chi connectivity index (χ1v) is 9.39. The van der Waals surface area contributed by atoms with Crippen LogP contribution in [0.4, 0.5) is 4.39 Å². The van der Waals surface area contributed by atoms with Gasteiger partial charge >= 0.3 is 0 Å². The first-order chi connectivity index (χ1) is 10.9. The van der Waals surface area contributed by atoms with Crippen LogP contribution in [-0.4, -0.2) is 48.7 Å². The minimum absolute atomic E-state index is 0.0253. The quantitative estimate of drug-likeness (QED) is 0.824. The molecule has 1 aliphatic carbocycles. The second-order valence-corrected chi connectivity index (χ2v) is 8.10. The highest BCUT2D eigenvalue weighted by Crippen LogP contribution is 2.32. The summed E-state index contributed by atoms with van der Waals surface area (Å²) < 4.78 is 40.9. The number of nitrogens with zero attached hydrogens (tertiary/aromatic N) is 2. The topological polar surface area (TPSA) is 57.7 Å². The lowest BCUT2D eigenvalue weighted by molar-refractivity contribution is -0.129. The Hall–Kier alpha value is -1.47.